The van der Waals surface area contributed by atoms with Gasteiger partial charge < -0.3 is 10.1 Å². The molecule has 0 aliphatic heterocycles. The Morgan fingerprint density at radius 1 is 1.23 bits per heavy atom. The number of carbonyl (C=O) groups excluding carboxylic acids is 1. The lowest BCUT2D eigenvalue weighted by Gasteiger charge is -2.14. The van der Waals surface area contributed by atoms with Crippen molar-refractivity contribution in [2.75, 3.05) is 12.4 Å². The first kappa shape index (κ1) is 16.4. The first-order valence-electron chi connectivity index (χ1n) is 6.90. The van der Waals surface area contributed by atoms with E-state index in [1.165, 1.54) is 17.8 Å². The highest BCUT2D eigenvalue weighted by atomic mass is 32.2. The first-order chi connectivity index (χ1) is 10.6. The number of para-hydroxylation sites is 2. The number of benzene rings is 2. The lowest BCUT2D eigenvalue weighted by Crippen LogP contribution is -2.22. The molecule has 5 heteroatoms. The Labute approximate surface area is 133 Å². The van der Waals surface area contributed by atoms with Crippen LogP contribution in [0, 0.1) is 5.82 Å². The predicted octanol–water partition coefficient (Wildman–Crippen LogP) is 4.09. The quantitative estimate of drug-likeness (QED) is 0.871. The molecule has 0 saturated carbocycles. The van der Waals surface area contributed by atoms with Crippen molar-refractivity contribution in [2.24, 2.45) is 0 Å². The van der Waals surface area contributed by atoms with Gasteiger partial charge in [-0.2, -0.15) is 0 Å². The standard InChI is InChI=1S/C17H18FNO2S/c1-12(22-11-13-7-3-4-8-14(13)18)17(20)19-15-9-5-6-10-16(15)21-2/h3-10,12H,11H2,1-2H3,(H,19,20)/t12-/m0/s1. The summed E-state index contributed by atoms with van der Waals surface area (Å²) in [6.45, 7) is 1.80. The molecule has 1 atom stereocenters. The zero-order valence-electron chi connectivity index (χ0n) is 12.5. The molecule has 0 heterocycles. The van der Waals surface area contributed by atoms with E-state index in [4.69, 9.17) is 4.74 Å². The molecule has 0 aliphatic carbocycles. The van der Waals surface area contributed by atoms with Crippen LogP contribution in [0.2, 0.25) is 0 Å². The number of hydrogen-bond donors (Lipinski definition) is 1. The fraction of sp³-hybridized carbons (Fsp3) is 0.235. The number of anilines is 1. The summed E-state index contributed by atoms with van der Waals surface area (Å²) in [6, 6.07) is 13.8. The Hall–Kier alpha value is -2.01. The number of nitrogens with one attached hydrogen (secondary N) is 1. The van der Waals surface area contributed by atoms with Crippen LogP contribution in [-0.2, 0) is 10.5 Å². The van der Waals surface area contributed by atoms with E-state index in [-0.39, 0.29) is 17.0 Å². The average molecular weight is 319 g/mol. The smallest absolute Gasteiger partial charge is 0.237 e. The van der Waals surface area contributed by atoms with Crippen LogP contribution in [0.3, 0.4) is 0 Å². The summed E-state index contributed by atoms with van der Waals surface area (Å²) in [6.07, 6.45) is 0. The summed E-state index contributed by atoms with van der Waals surface area (Å²) in [4.78, 5) is 12.2. The molecule has 116 valence electrons. The first-order valence-corrected chi connectivity index (χ1v) is 7.95. The van der Waals surface area contributed by atoms with E-state index in [0.29, 0.717) is 22.8 Å². The topological polar surface area (TPSA) is 38.3 Å². The molecule has 0 bridgehead atoms. The van der Waals surface area contributed by atoms with Gasteiger partial charge in [0.05, 0.1) is 18.0 Å². The summed E-state index contributed by atoms with van der Waals surface area (Å²) in [7, 11) is 1.56. The third kappa shape index (κ3) is 4.24. The van der Waals surface area contributed by atoms with Crippen molar-refractivity contribution in [2.45, 2.75) is 17.9 Å². The number of ether oxygens (including phenoxy) is 1. The van der Waals surface area contributed by atoms with Crippen LogP contribution in [0.5, 0.6) is 5.75 Å². The van der Waals surface area contributed by atoms with Crippen molar-refractivity contribution in [1.29, 1.82) is 0 Å². The van der Waals surface area contributed by atoms with Gasteiger partial charge in [0.2, 0.25) is 5.91 Å². The number of rotatable bonds is 6. The number of thioether (sulfide) groups is 1. The lowest BCUT2D eigenvalue weighted by atomic mass is 10.2. The third-order valence-corrected chi connectivity index (χ3v) is 4.37. The molecule has 2 aromatic rings. The highest BCUT2D eigenvalue weighted by Gasteiger charge is 2.16. The minimum atomic E-state index is -0.301. The highest BCUT2D eigenvalue weighted by Crippen LogP contribution is 2.25. The number of hydrogen-bond acceptors (Lipinski definition) is 3. The second kappa shape index (κ2) is 7.84. The van der Waals surface area contributed by atoms with Crippen molar-refractivity contribution in [3.63, 3.8) is 0 Å². The van der Waals surface area contributed by atoms with Crippen LogP contribution in [0.1, 0.15) is 12.5 Å². The fourth-order valence-corrected chi connectivity index (χ4v) is 2.76. The molecule has 0 unspecified atom stereocenters. The van der Waals surface area contributed by atoms with Gasteiger partial charge in [0.1, 0.15) is 11.6 Å². The second-order valence-corrected chi connectivity index (χ2v) is 6.06. The lowest BCUT2D eigenvalue weighted by molar-refractivity contribution is -0.115. The summed E-state index contributed by atoms with van der Waals surface area (Å²) in [5.41, 5.74) is 1.23. The number of carbonyl (C=O) groups is 1. The summed E-state index contributed by atoms with van der Waals surface area (Å²) in [5.74, 6) is 0.688. The average Bonchev–Trinajstić information content (AvgIpc) is 2.54. The number of halogens is 1. The van der Waals surface area contributed by atoms with E-state index < -0.39 is 0 Å². The SMILES string of the molecule is COc1ccccc1NC(=O)[C@H](C)SCc1ccccc1F. The Morgan fingerprint density at radius 2 is 1.91 bits per heavy atom. The second-order valence-electron chi connectivity index (χ2n) is 4.73. The van der Waals surface area contributed by atoms with E-state index in [1.807, 2.05) is 12.1 Å². The zero-order valence-corrected chi connectivity index (χ0v) is 13.3. The zero-order chi connectivity index (χ0) is 15.9. The van der Waals surface area contributed by atoms with Crippen LogP contribution in [-0.4, -0.2) is 18.3 Å². The van der Waals surface area contributed by atoms with Crippen LogP contribution >= 0.6 is 11.8 Å². The maximum Gasteiger partial charge on any atom is 0.237 e. The van der Waals surface area contributed by atoms with E-state index in [1.54, 1.807) is 44.4 Å². The van der Waals surface area contributed by atoms with E-state index in [2.05, 4.69) is 5.32 Å². The molecule has 22 heavy (non-hydrogen) atoms. The molecule has 1 amide bonds. The minimum absolute atomic E-state index is 0.133. The van der Waals surface area contributed by atoms with E-state index in [0.717, 1.165) is 0 Å². The minimum Gasteiger partial charge on any atom is -0.495 e. The molecule has 2 aromatic carbocycles. The van der Waals surface area contributed by atoms with Crippen molar-refractivity contribution >= 4 is 23.4 Å². The molecule has 0 spiro atoms. The van der Waals surface area contributed by atoms with Gasteiger partial charge in [-0.25, -0.2) is 4.39 Å². The van der Waals surface area contributed by atoms with Crippen LogP contribution in [0.4, 0.5) is 10.1 Å². The molecule has 2 rings (SSSR count). The van der Waals surface area contributed by atoms with Gasteiger partial charge in [0.15, 0.2) is 0 Å². The summed E-state index contributed by atoms with van der Waals surface area (Å²) < 4.78 is 18.8. The largest absolute Gasteiger partial charge is 0.495 e. The van der Waals surface area contributed by atoms with Crippen molar-refractivity contribution in [3.05, 3.63) is 59.9 Å². The van der Waals surface area contributed by atoms with Gasteiger partial charge in [-0.1, -0.05) is 30.3 Å². The van der Waals surface area contributed by atoms with Crippen LogP contribution in [0.15, 0.2) is 48.5 Å². The third-order valence-electron chi connectivity index (χ3n) is 3.18. The monoisotopic (exact) mass is 319 g/mol. The van der Waals surface area contributed by atoms with Gasteiger partial charge in [-0.05, 0) is 30.7 Å². The van der Waals surface area contributed by atoms with E-state index in [9.17, 15) is 9.18 Å². The maximum absolute atomic E-state index is 13.6. The molecule has 0 fully saturated rings. The number of amides is 1. The summed E-state index contributed by atoms with van der Waals surface area (Å²) in [5, 5.41) is 2.53. The highest BCUT2D eigenvalue weighted by molar-refractivity contribution is 7.99. The maximum atomic E-state index is 13.6. The van der Waals surface area contributed by atoms with Crippen molar-refractivity contribution in [1.82, 2.24) is 0 Å². The molecular formula is C17H18FNO2S. The Kier molecular flexibility index (Phi) is 5.83. The molecule has 1 N–H and O–H groups in total. The van der Waals surface area contributed by atoms with Gasteiger partial charge in [-0.15, -0.1) is 11.8 Å². The molecule has 0 radical (unpaired) electrons. The van der Waals surface area contributed by atoms with Gasteiger partial charge in [0.25, 0.3) is 0 Å². The van der Waals surface area contributed by atoms with Gasteiger partial charge in [0, 0.05) is 5.75 Å². The molecule has 0 aliphatic rings. The Morgan fingerprint density at radius 3 is 2.64 bits per heavy atom. The van der Waals surface area contributed by atoms with Crippen molar-refractivity contribution in [3.8, 4) is 5.75 Å². The van der Waals surface area contributed by atoms with E-state index >= 15 is 0 Å². The fourth-order valence-electron chi connectivity index (χ4n) is 1.89. The Bertz CT molecular complexity index is 648. The summed E-state index contributed by atoms with van der Waals surface area (Å²) >= 11 is 1.39. The van der Waals surface area contributed by atoms with Crippen molar-refractivity contribution < 1.29 is 13.9 Å². The van der Waals surface area contributed by atoms with Gasteiger partial charge in [-0.3, -0.25) is 4.79 Å². The van der Waals surface area contributed by atoms with Gasteiger partial charge >= 0.3 is 0 Å². The molecule has 0 saturated heterocycles. The number of methoxy groups -OCH3 is 1. The van der Waals surface area contributed by atoms with Crippen LogP contribution < -0.4 is 10.1 Å². The normalized spacial score (nSPS) is 11.8. The molecule has 0 aromatic heterocycles. The molecule has 3 nitrogen and oxygen atoms in total. The Balaban J connectivity index is 1.94. The van der Waals surface area contributed by atoms with Crippen LogP contribution in [0.25, 0.3) is 0 Å². The molecular weight excluding hydrogens is 301 g/mol. The predicted molar refractivity (Wildman–Crippen MR) is 88.8 cm³/mol.